The molecule has 0 heterocycles. The van der Waals surface area contributed by atoms with Gasteiger partial charge in [-0.25, -0.2) is 0 Å². The quantitative estimate of drug-likeness (QED) is 0.647. The predicted octanol–water partition coefficient (Wildman–Crippen LogP) is 3.16. The summed E-state index contributed by atoms with van der Waals surface area (Å²) >= 11 is 5.86. The van der Waals surface area contributed by atoms with Crippen molar-refractivity contribution in [2.24, 2.45) is 0 Å². The molecule has 60 valence electrons. The lowest BCUT2D eigenvalue weighted by Gasteiger charge is -1.96. The molecule has 0 spiro atoms. The minimum absolute atomic E-state index is 0.652. The Kier molecular flexibility index (Phi) is 2.90. The van der Waals surface area contributed by atoms with Gasteiger partial charge in [-0.05, 0) is 24.6 Å². The average Bonchev–Trinajstić information content (AvgIpc) is 2.17. The fourth-order valence-corrected chi connectivity index (χ4v) is 0.997. The van der Waals surface area contributed by atoms with Crippen LogP contribution in [0.25, 0.3) is 5.03 Å². The number of rotatable bonds is 1. The first kappa shape index (κ1) is 8.83. The van der Waals surface area contributed by atoms with Crippen molar-refractivity contribution in [3.63, 3.8) is 0 Å². The molecule has 0 unspecified atom stereocenters. The standard InChI is InChI=1S/C10H8ClN/c1-2-10(11)9-5-3-8(7-12)4-6-9/h2-6H,1H3. The van der Waals surface area contributed by atoms with Crippen molar-refractivity contribution in [2.75, 3.05) is 0 Å². The van der Waals surface area contributed by atoms with Crippen molar-refractivity contribution in [3.05, 3.63) is 41.5 Å². The zero-order chi connectivity index (χ0) is 8.97. The normalized spacial score (nSPS) is 10.9. The zero-order valence-electron chi connectivity index (χ0n) is 6.71. The van der Waals surface area contributed by atoms with Crippen LogP contribution in [-0.2, 0) is 0 Å². The largest absolute Gasteiger partial charge is 0.192 e. The van der Waals surface area contributed by atoms with Gasteiger partial charge in [0.1, 0.15) is 0 Å². The average molecular weight is 178 g/mol. The molecule has 0 aliphatic rings. The van der Waals surface area contributed by atoms with Crippen LogP contribution in [0, 0.1) is 11.3 Å². The molecule has 0 aromatic heterocycles. The van der Waals surface area contributed by atoms with Gasteiger partial charge in [-0.2, -0.15) is 5.26 Å². The molecule has 2 heteroatoms. The van der Waals surface area contributed by atoms with E-state index in [-0.39, 0.29) is 0 Å². The molecule has 12 heavy (non-hydrogen) atoms. The SMILES string of the molecule is CC=C(Cl)c1ccc(C#N)cc1. The molecule has 1 aromatic carbocycles. The highest BCUT2D eigenvalue weighted by atomic mass is 35.5. The van der Waals surface area contributed by atoms with Crippen LogP contribution >= 0.6 is 11.6 Å². The molecule has 1 nitrogen and oxygen atoms in total. The van der Waals surface area contributed by atoms with E-state index >= 15 is 0 Å². The maximum Gasteiger partial charge on any atom is 0.0991 e. The first-order valence-electron chi connectivity index (χ1n) is 3.60. The van der Waals surface area contributed by atoms with Crippen LogP contribution in [0.1, 0.15) is 18.1 Å². The van der Waals surface area contributed by atoms with Crippen molar-refractivity contribution in [1.29, 1.82) is 5.26 Å². The number of hydrogen-bond acceptors (Lipinski definition) is 1. The Labute approximate surface area is 76.9 Å². The number of hydrogen-bond donors (Lipinski definition) is 0. The fraction of sp³-hybridized carbons (Fsp3) is 0.100. The monoisotopic (exact) mass is 177 g/mol. The number of halogens is 1. The first-order chi connectivity index (χ1) is 5.77. The van der Waals surface area contributed by atoms with Gasteiger partial charge in [-0.15, -0.1) is 0 Å². The van der Waals surface area contributed by atoms with E-state index < -0.39 is 0 Å². The van der Waals surface area contributed by atoms with Crippen LogP contribution in [0.15, 0.2) is 30.3 Å². The van der Waals surface area contributed by atoms with Gasteiger partial charge in [-0.1, -0.05) is 29.8 Å². The maximum atomic E-state index is 8.53. The van der Waals surface area contributed by atoms with Crippen LogP contribution in [-0.4, -0.2) is 0 Å². The molecular formula is C10H8ClN. The summed E-state index contributed by atoms with van der Waals surface area (Å²) in [6.07, 6.45) is 1.82. The fourth-order valence-electron chi connectivity index (χ4n) is 0.871. The molecule has 0 saturated carbocycles. The second-order valence-electron chi connectivity index (χ2n) is 2.33. The molecule has 1 rings (SSSR count). The molecule has 0 aliphatic heterocycles. The summed E-state index contributed by atoms with van der Waals surface area (Å²) in [5.41, 5.74) is 1.59. The van der Waals surface area contributed by atoms with E-state index in [1.165, 1.54) is 0 Å². The maximum absolute atomic E-state index is 8.53. The Morgan fingerprint density at radius 3 is 2.42 bits per heavy atom. The van der Waals surface area contributed by atoms with E-state index in [9.17, 15) is 0 Å². The van der Waals surface area contributed by atoms with Crippen LogP contribution in [0.4, 0.5) is 0 Å². The van der Waals surface area contributed by atoms with E-state index in [2.05, 4.69) is 0 Å². The van der Waals surface area contributed by atoms with Crippen molar-refractivity contribution >= 4 is 16.6 Å². The third-order valence-corrected chi connectivity index (χ3v) is 1.98. The van der Waals surface area contributed by atoms with Gasteiger partial charge in [0, 0.05) is 5.03 Å². The van der Waals surface area contributed by atoms with Gasteiger partial charge in [-0.3, -0.25) is 0 Å². The molecular weight excluding hydrogens is 170 g/mol. The number of benzene rings is 1. The van der Waals surface area contributed by atoms with Gasteiger partial charge in [0.2, 0.25) is 0 Å². The van der Waals surface area contributed by atoms with E-state index in [4.69, 9.17) is 16.9 Å². The lowest BCUT2D eigenvalue weighted by Crippen LogP contribution is -1.77. The molecule has 0 atom stereocenters. The second-order valence-corrected chi connectivity index (χ2v) is 2.73. The van der Waals surface area contributed by atoms with Crippen LogP contribution < -0.4 is 0 Å². The minimum Gasteiger partial charge on any atom is -0.192 e. The topological polar surface area (TPSA) is 23.8 Å². The molecule has 0 radical (unpaired) electrons. The molecule has 1 aromatic rings. The predicted molar refractivity (Wildman–Crippen MR) is 50.7 cm³/mol. The lowest BCUT2D eigenvalue weighted by molar-refractivity contribution is 1.48. The van der Waals surface area contributed by atoms with E-state index in [0.29, 0.717) is 10.6 Å². The smallest absolute Gasteiger partial charge is 0.0991 e. The summed E-state index contributed by atoms with van der Waals surface area (Å²) in [5.74, 6) is 0. The summed E-state index contributed by atoms with van der Waals surface area (Å²) in [6, 6.07) is 9.22. The van der Waals surface area contributed by atoms with Crippen LogP contribution in [0.3, 0.4) is 0 Å². The van der Waals surface area contributed by atoms with Gasteiger partial charge in [0.25, 0.3) is 0 Å². The highest BCUT2D eigenvalue weighted by Gasteiger charge is 1.95. The van der Waals surface area contributed by atoms with Crippen molar-refractivity contribution in [2.45, 2.75) is 6.92 Å². The highest BCUT2D eigenvalue weighted by Crippen LogP contribution is 2.18. The molecule has 0 aliphatic carbocycles. The van der Waals surface area contributed by atoms with Crippen molar-refractivity contribution in [1.82, 2.24) is 0 Å². The zero-order valence-corrected chi connectivity index (χ0v) is 7.47. The van der Waals surface area contributed by atoms with Crippen molar-refractivity contribution in [3.8, 4) is 6.07 Å². The van der Waals surface area contributed by atoms with E-state index in [1.807, 2.05) is 31.2 Å². The van der Waals surface area contributed by atoms with Gasteiger partial charge in [0.15, 0.2) is 0 Å². The molecule has 0 amide bonds. The highest BCUT2D eigenvalue weighted by molar-refractivity contribution is 6.48. The van der Waals surface area contributed by atoms with Gasteiger partial charge >= 0.3 is 0 Å². The Bertz CT molecular complexity index is 330. The Morgan fingerprint density at radius 2 is 2.00 bits per heavy atom. The lowest BCUT2D eigenvalue weighted by atomic mass is 10.1. The van der Waals surface area contributed by atoms with Crippen molar-refractivity contribution < 1.29 is 0 Å². The van der Waals surface area contributed by atoms with Crippen LogP contribution in [0.5, 0.6) is 0 Å². The van der Waals surface area contributed by atoms with Gasteiger partial charge < -0.3 is 0 Å². The number of nitrogens with zero attached hydrogens (tertiary/aromatic N) is 1. The third-order valence-electron chi connectivity index (χ3n) is 1.54. The molecule has 0 N–H and O–H groups in total. The first-order valence-corrected chi connectivity index (χ1v) is 3.98. The van der Waals surface area contributed by atoms with E-state index in [0.717, 1.165) is 5.56 Å². The molecule has 0 saturated heterocycles. The summed E-state index contributed by atoms with van der Waals surface area (Å²) in [5, 5.41) is 9.23. The number of allylic oxidation sites excluding steroid dienone is 1. The number of nitriles is 1. The minimum atomic E-state index is 0.652. The summed E-state index contributed by atoms with van der Waals surface area (Å²) in [6.45, 7) is 1.88. The van der Waals surface area contributed by atoms with E-state index in [1.54, 1.807) is 12.1 Å². The van der Waals surface area contributed by atoms with Crippen LogP contribution in [0.2, 0.25) is 0 Å². The third kappa shape index (κ3) is 1.87. The Hall–Kier alpha value is -1.26. The Balaban J connectivity index is 3.02. The van der Waals surface area contributed by atoms with Gasteiger partial charge in [0.05, 0.1) is 11.6 Å². The Morgan fingerprint density at radius 1 is 1.42 bits per heavy atom. The summed E-state index contributed by atoms with van der Waals surface area (Å²) < 4.78 is 0. The second kappa shape index (κ2) is 3.94. The molecule has 0 fully saturated rings. The summed E-state index contributed by atoms with van der Waals surface area (Å²) in [4.78, 5) is 0. The molecule has 0 bridgehead atoms. The summed E-state index contributed by atoms with van der Waals surface area (Å²) in [7, 11) is 0.